The van der Waals surface area contributed by atoms with Crippen LogP contribution in [0, 0.1) is 11.3 Å². The molecule has 0 unspecified atom stereocenters. The number of thiocarbonyl (C=S) groups is 1. The minimum atomic E-state index is -4.79. The van der Waals surface area contributed by atoms with Crippen LogP contribution in [-0.2, 0) is 11.0 Å². The van der Waals surface area contributed by atoms with E-state index in [2.05, 4.69) is 15.2 Å². The SMILES string of the molecule is N#Cc1ncc(N2C(=O)CCCN(c3ccc(N4CCNCC4)cc3)C2=S)cc1C(F)(F)F. The van der Waals surface area contributed by atoms with Gasteiger partial charge in [-0.15, -0.1) is 0 Å². The Bertz CT molecular complexity index is 1090. The molecule has 4 rings (SSSR count). The number of amides is 1. The summed E-state index contributed by atoms with van der Waals surface area (Å²) in [5.74, 6) is -0.417. The van der Waals surface area contributed by atoms with Gasteiger partial charge in [-0.1, -0.05) is 0 Å². The quantitative estimate of drug-likeness (QED) is 0.685. The van der Waals surface area contributed by atoms with Crippen LogP contribution in [-0.4, -0.2) is 48.7 Å². The van der Waals surface area contributed by atoms with Crippen molar-refractivity contribution in [1.82, 2.24) is 10.3 Å². The number of carbonyl (C=O) groups excluding carboxylic acids is 1. The van der Waals surface area contributed by atoms with Gasteiger partial charge in [0, 0.05) is 50.5 Å². The molecule has 0 atom stereocenters. The van der Waals surface area contributed by atoms with E-state index in [4.69, 9.17) is 17.5 Å². The number of nitrogens with zero attached hydrogens (tertiary/aromatic N) is 5. The van der Waals surface area contributed by atoms with Gasteiger partial charge in [-0.3, -0.25) is 9.69 Å². The molecule has 2 aliphatic heterocycles. The fraction of sp³-hybridized carbons (Fsp3) is 0.364. The van der Waals surface area contributed by atoms with E-state index in [0.717, 1.165) is 54.7 Å². The number of rotatable bonds is 3. The van der Waals surface area contributed by atoms with Gasteiger partial charge in [0.1, 0.15) is 6.07 Å². The highest BCUT2D eigenvalue weighted by atomic mass is 32.1. The molecule has 0 radical (unpaired) electrons. The zero-order chi connectivity index (χ0) is 23.6. The third-order valence-electron chi connectivity index (χ3n) is 5.63. The van der Waals surface area contributed by atoms with Crippen LogP contribution in [0.25, 0.3) is 0 Å². The number of hydrogen-bond donors (Lipinski definition) is 1. The van der Waals surface area contributed by atoms with E-state index in [0.29, 0.717) is 13.0 Å². The molecule has 1 aromatic heterocycles. The summed E-state index contributed by atoms with van der Waals surface area (Å²) in [6.07, 6.45) is -3.10. The molecule has 33 heavy (non-hydrogen) atoms. The maximum atomic E-state index is 13.4. The molecule has 11 heteroatoms. The van der Waals surface area contributed by atoms with Crippen molar-refractivity contribution in [2.24, 2.45) is 0 Å². The van der Waals surface area contributed by atoms with Crippen LogP contribution < -0.4 is 20.0 Å². The Balaban J connectivity index is 1.65. The van der Waals surface area contributed by atoms with Crippen molar-refractivity contribution < 1.29 is 18.0 Å². The zero-order valence-corrected chi connectivity index (χ0v) is 18.4. The first-order valence-corrected chi connectivity index (χ1v) is 10.9. The van der Waals surface area contributed by atoms with Crippen molar-refractivity contribution in [2.45, 2.75) is 19.0 Å². The van der Waals surface area contributed by atoms with E-state index in [-0.39, 0.29) is 17.2 Å². The number of anilines is 3. The van der Waals surface area contributed by atoms with Crippen LogP contribution in [0.15, 0.2) is 36.5 Å². The van der Waals surface area contributed by atoms with Crippen molar-refractivity contribution in [3.63, 3.8) is 0 Å². The van der Waals surface area contributed by atoms with Gasteiger partial charge in [-0.25, -0.2) is 4.98 Å². The maximum absolute atomic E-state index is 13.4. The Morgan fingerprint density at radius 3 is 2.36 bits per heavy atom. The molecule has 0 aliphatic carbocycles. The Labute approximate surface area is 194 Å². The summed E-state index contributed by atoms with van der Waals surface area (Å²) in [6.45, 7) is 4.07. The van der Waals surface area contributed by atoms with Crippen molar-refractivity contribution >= 4 is 40.3 Å². The number of benzene rings is 1. The molecule has 0 spiro atoms. The van der Waals surface area contributed by atoms with E-state index in [1.54, 1.807) is 4.90 Å². The van der Waals surface area contributed by atoms with Gasteiger partial charge in [-0.05, 0) is 49.0 Å². The van der Waals surface area contributed by atoms with Crippen molar-refractivity contribution in [1.29, 1.82) is 5.26 Å². The molecule has 3 heterocycles. The Hall–Kier alpha value is -3.23. The molecule has 1 N–H and O–H groups in total. The Kier molecular flexibility index (Phi) is 6.49. The fourth-order valence-electron chi connectivity index (χ4n) is 3.96. The highest BCUT2D eigenvalue weighted by Gasteiger charge is 2.37. The molecular weight excluding hydrogens is 453 g/mol. The first kappa shape index (κ1) is 22.9. The largest absolute Gasteiger partial charge is 0.419 e. The molecular formula is C22H21F3N6OS. The topological polar surface area (TPSA) is 75.5 Å². The van der Waals surface area contributed by atoms with Crippen LogP contribution in [0.5, 0.6) is 0 Å². The van der Waals surface area contributed by atoms with Gasteiger partial charge >= 0.3 is 6.18 Å². The summed E-state index contributed by atoms with van der Waals surface area (Å²) in [5, 5.41) is 12.4. The molecule has 172 valence electrons. The van der Waals surface area contributed by atoms with E-state index in [1.165, 1.54) is 6.07 Å². The second-order valence-electron chi connectivity index (χ2n) is 7.72. The molecule has 2 aliphatic rings. The van der Waals surface area contributed by atoms with E-state index >= 15 is 0 Å². The number of pyridine rings is 1. The lowest BCUT2D eigenvalue weighted by Gasteiger charge is -2.31. The zero-order valence-electron chi connectivity index (χ0n) is 17.6. The minimum Gasteiger partial charge on any atom is -0.369 e. The number of nitrogens with one attached hydrogen (secondary N) is 1. The smallest absolute Gasteiger partial charge is 0.369 e. The van der Waals surface area contributed by atoms with Crippen LogP contribution in [0.2, 0.25) is 0 Å². The van der Waals surface area contributed by atoms with Gasteiger partial charge in [0.2, 0.25) is 5.91 Å². The standard InChI is InChI=1S/C22H21F3N6OS/c23-22(24,25)18-12-17(14-28-19(18)13-26)31-20(32)2-1-9-30(21(31)33)16-5-3-15(4-6-16)29-10-7-27-8-11-29/h3-6,12,14,27H,1-2,7-11H2. The van der Waals surface area contributed by atoms with Crippen molar-refractivity contribution in [3.05, 3.63) is 47.8 Å². The second-order valence-corrected chi connectivity index (χ2v) is 8.08. The summed E-state index contributed by atoms with van der Waals surface area (Å²) < 4.78 is 40.3. The van der Waals surface area contributed by atoms with Gasteiger partial charge in [-0.2, -0.15) is 18.4 Å². The van der Waals surface area contributed by atoms with Crippen molar-refractivity contribution in [2.75, 3.05) is 47.4 Å². The third-order valence-corrected chi connectivity index (χ3v) is 6.03. The average molecular weight is 475 g/mol. The van der Waals surface area contributed by atoms with Gasteiger partial charge < -0.3 is 15.1 Å². The Morgan fingerprint density at radius 1 is 1.06 bits per heavy atom. The minimum absolute atomic E-state index is 0.0760. The first-order chi connectivity index (χ1) is 15.8. The van der Waals surface area contributed by atoms with Crippen LogP contribution in [0.4, 0.5) is 30.2 Å². The predicted octanol–water partition coefficient (Wildman–Crippen LogP) is 3.30. The van der Waals surface area contributed by atoms with Gasteiger partial charge in [0.15, 0.2) is 10.8 Å². The summed E-state index contributed by atoms with van der Waals surface area (Å²) in [5.41, 5.74) is -0.244. The maximum Gasteiger partial charge on any atom is 0.419 e. The van der Waals surface area contributed by atoms with Crippen molar-refractivity contribution in [3.8, 4) is 6.07 Å². The molecule has 0 saturated carbocycles. The summed E-state index contributed by atoms with van der Waals surface area (Å²) in [6, 6.07) is 9.96. The molecule has 0 bridgehead atoms. The number of piperazine rings is 1. The van der Waals surface area contributed by atoms with Gasteiger partial charge in [0.05, 0.1) is 17.4 Å². The first-order valence-electron chi connectivity index (χ1n) is 10.5. The number of alkyl halides is 3. The summed E-state index contributed by atoms with van der Waals surface area (Å²) >= 11 is 5.57. The lowest BCUT2D eigenvalue weighted by atomic mass is 10.1. The molecule has 2 saturated heterocycles. The lowest BCUT2D eigenvalue weighted by Crippen LogP contribution is -2.44. The molecule has 2 fully saturated rings. The number of aromatic nitrogens is 1. The summed E-state index contributed by atoms with van der Waals surface area (Å²) in [4.78, 5) is 21.5. The second kappa shape index (κ2) is 9.33. The van der Waals surface area contributed by atoms with Gasteiger partial charge in [0.25, 0.3) is 0 Å². The fourth-order valence-corrected chi connectivity index (χ4v) is 4.37. The lowest BCUT2D eigenvalue weighted by molar-refractivity contribution is -0.138. The molecule has 1 aromatic carbocycles. The highest BCUT2D eigenvalue weighted by Crippen LogP contribution is 2.34. The predicted molar refractivity (Wildman–Crippen MR) is 122 cm³/mol. The molecule has 2 aromatic rings. The van der Waals surface area contributed by atoms with E-state index < -0.39 is 23.3 Å². The number of hydrogen-bond acceptors (Lipinski definition) is 6. The highest BCUT2D eigenvalue weighted by molar-refractivity contribution is 7.81. The van der Waals surface area contributed by atoms with Crippen LogP contribution >= 0.6 is 12.2 Å². The molecule has 7 nitrogen and oxygen atoms in total. The normalized spacial score (nSPS) is 17.7. The van der Waals surface area contributed by atoms with E-state index in [1.807, 2.05) is 24.3 Å². The van der Waals surface area contributed by atoms with Crippen LogP contribution in [0.3, 0.4) is 0 Å². The molecule has 1 amide bonds. The number of halogens is 3. The monoisotopic (exact) mass is 474 g/mol. The third kappa shape index (κ3) is 4.77. The van der Waals surface area contributed by atoms with Crippen LogP contribution in [0.1, 0.15) is 24.1 Å². The number of carbonyl (C=O) groups is 1. The van der Waals surface area contributed by atoms with E-state index in [9.17, 15) is 18.0 Å². The number of nitriles is 1. The average Bonchev–Trinajstić information content (AvgIpc) is 2.96. The Morgan fingerprint density at radius 2 is 1.73 bits per heavy atom. The summed E-state index contributed by atoms with van der Waals surface area (Å²) in [7, 11) is 0.